The molecule has 0 bridgehead atoms. The Hall–Kier alpha value is -4.20. The van der Waals surface area contributed by atoms with Gasteiger partial charge in [0.25, 0.3) is 11.8 Å². The van der Waals surface area contributed by atoms with E-state index in [9.17, 15) is 18.8 Å². The number of ether oxygens (including phenoxy) is 1. The van der Waals surface area contributed by atoms with E-state index in [4.69, 9.17) is 10.5 Å². The van der Waals surface area contributed by atoms with Crippen LogP contribution in [0.25, 0.3) is 0 Å². The lowest BCUT2D eigenvalue weighted by Gasteiger charge is -2.27. The third-order valence-electron chi connectivity index (χ3n) is 5.78. The molecule has 0 unspecified atom stereocenters. The molecule has 3 aromatic carbocycles. The molecule has 3 aromatic rings. The van der Waals surface area contributed by atoms with Crippen molar-refractivity contribution in [2.75, 3.05) is 0 Å². The van der Waals surface area contributed by atoms with Crippen molar-refractivity contribution in [2.45, 2.75) is 32.5 Å². The maximum absolute atomic E-state index is 13.6. The summed E-state index contributed by atoms with van der Waals surface area (Å²) in [6.07, 6.45) is 0. The number of carbonyl (C=O) groups excluding carboxylic acids is 3. The van der Waals surface area contributed by atoms with E-state index in [2.05, 4.69) is 0 Å². The Morgan fingerprint density at radius 2 is 1.65 bits per heavy atom. The summed E-state index contributed by atoms with van der Waals surface area (Å²) in [5, 5.41) is 0. The number of carbonyl (C=O) groups is 3. The van der Waals surface area contributed by atoms with E-state index in [0.717, 1.165) is 10.5 Å². The first-order valence-electron chi connectivity index (χ1n) is 10.7. The molecule has 34 heavy (non-hydrogen) atoms. The van der Waals surface area contributed by atoms with Crippen LogP contribution in [-0.2, 0) is 17.9 Å². The van der Waals surface area contributed by atoms with Crippen molar-refractivity contribution < 1.29 is 23.5 Å². The van der Waals surface area contributed by atoms with Gasteiger partial charge in [0.15, 0.2) is 0 Å². The molecule has 174 valence electrons. The first-order valence-corrected chi connectivity index (χ1v) is 10.7. The van der Waals surface area contributed by atoms with Gasteiger partial charge in [-0.05, 0) is 61.4 Å². The number of imide groups is 1. The maximum Gasteiger partial charge on any atom is 0.328 e. The van der Waals surface area contributed by atoms with E-state index >= 15 is 0 Å². The quantitative estimate of drug-likeness (QED) is 0.526. The van der Waals surface area contributed by atoms with Gasteiger partial charge in [-0.1, -0.05) is 36.4 Å². The van der Waals surface area contributed by atoms with E-state index < -0.39 is 23.3 Å². The Morgan fingerprint density at radius 3 is 2.32 bits per heavy atom. The Bertz CT molecular complexity index is 1260. The number of nitrogens with zero attached hydrogens (tertiary/aromatic N) is 2. The number of primary amides is 1. The van der Waals surface area contributed by atoms with Crippen molar-refractivity contribution in [3.8, 4) is 11.5 Å². The normalized spacial score (nSPS) is 15.0. The predicted octanol–water partition coefficient (Wildman–Crippen LogP) is 4.46. The van der Waals surface area contributed by atoms with E-state index in [0.29, 0.717) is 17.1 Å². The van der Waals surface area contributed by atoms with Crippen LogP contribution in [0, 0.1) is 5.82 Å². The first kappa shape index (κ1) is 23.0. The molecule has 1 heterocycles. The molecule has 4 amide bonds. The topological polar surface area (TPSA) is 92.9 Å². The minimum atomic E-state index is -1.06. The van der Waals surface area contributed by atoms with E-state index in [-0.39, 0.29) is 24.6 Å². The summed E-state index contributed by atoms with van der Waals surface area (Å²) in [5.41, 5.74) is 5.94. The number of rotatable bonds is 7. The molecular formula is C26H24FN3O4. The lowest BCUT2D eigenvalue weighted by atomic mass is 10.0. The van der Waals surface area contributed by atoms with Gasteiger partial charge < -0.3 is 15.4 Å². The summed E-state index contributed by atoms with van der Waals surface area (Å²) >= 11 is 0. The van der Waals surface area contributed by atoms with E-state index in [1.165, 1.54) is 17.0 Å². The average molecular weight is 461 g/mol. The molecule has 0 spiro atoms. The number of benzene rings is 3. The monoisotopic (exact) mass is 461 g/mol. The molecule has 0 atom stereocenters. The van der Waals surface area contributed by atoms with Gasteiger partial charge >= 0.3 is 6.03 Å². The molecule has 4 rings (SSSR count). The van der Waals surface area contributed by atoms with Gasteiger partial charge in [-0.15, -0.1) is 0 Å². The summed E-state index contributed by atoms with van der Waals surface area (Å²) in [6.45, 7) is 3.59. The van der Waals surface area contributed by atoms with Crippen LogP contribution in [0.3, 0.4) is 0 Å². The molecule has 1 aliphatic heterocycles. The number of urea groups is 1. The minimum Gasteiger partial charge on any atom is -0.457 e. The molecule has 1 fully saturated rings. The number of nitrogens with two attached hydrogens (primary N) is 1. The molecule has 0 aromatic heterocycles. The van der Waals surface area contributed by atoms with Crippen molar-refractivity contribution in [3.05, 3.63) is 95.3 Å². The highest BCUT2D eigenvalue weighted by Crippen LogP contribution is 2.32. The van der Waals surface area contributed by atoms with Gasteiger partial charge in [0.2, 0.25) is 0 Å². The Morgan fingerprint density at radius 1 is 0.941 bits per heavy atom. The zero-order valence-corrected chi connectivity index (χ0v) is 18.8. The fourth-order valence-electron chi connectivity index (χ4n) is 3.87. The SMILES string of the molecule is CC1(C)C(=O)N(Cc2cccc(F)c2)C(=O)N1Cc1ccc(Oc2ccccc2C(N)=O)cc1. The Kier molecular flexibility index (Phi) is 6.06. The molecule has 1 aliphatic rings. The highest BCUT2D eigenvalue weighted by molar-refractivity contribution is 6.06. The molecule has 1 saturated heterocycles. The molecule has 2 N–H and O–H groups in total. The molecular weight excluding hydrogens is 437 g/mol. The first-order chi connectivity index (χ1) is 16.2. The number of hydrogen-bond acceptors (Lipinski definition) is 4. The van der Waals surface area contributed by atoms with Crippen molar-refractivity contribution >= 4 is 17.8 Å². The van der Waals surface area contributed by atoms with Crippen LogP contribution in [-0.4, -0.2) is 33.2 Å². The summed E-state index contributed by atoms with van der Waals surface area (Å²) in [7, 11) is 0. The van der Waals surface area contributed by atoms with Crippen LogP contribution in [0.1, 0.15) is 35.3 Å². The second-order valence-electron chi connectivity index (χ2n) is 8.56. The Labute approximate surface area is 196 Å². The largest absolute Gasteiger partial charge is 0.457 e. The molecule has 8 heteroatoms. The van der Waals surface area contributed by atoms with Gasteiger partial charge in [-0.3, -0.25) is 14.5 Å². The minimum absolute atomic E-state index is 0.00140. The van der Waals surface area contributed by atoms with Crippen molar-refractivity contribution in [3.63, 3.8) is 0 Å². The van der Waals surface area contributed by atoms with Gasteiger partial charge in [-0.25, -0.2) is 9.18 Å². The number of halogens is 1. The second-order valence-corrected chi connectivity index (χ2v) is 8.56. The van der Waals surface area contributed by atoms with Crippen molar-refractivity contribution in [2.24, 2.45) is 5.73 Å². The van der Waals surface area contributed by atoms with Crippen LogP contribution in [0.2, 0.25) is 0 Å². The molecule has 7 nitrogen and oxygen atoms in total. The lowest BCUT2D eigenvalue weighted by molar-refractivity contribution is -0.132. The number of amides is 4. The van der Waals surface area contributed by atoms with Crippen LogP contribution in [0.15, 0.2) is 72.8 Å². The summed E-state index contributed by atoms with van der Waals surface area (Å²) in [5.74, 6) is -0.516. The maximum atomic E-state index is 13.6. The third kappa shape index (κ3) is 4.47. The Balaban J connectivity index is 1.49. The van der Waals surface area contributed by atoms with Gasteiger partial charge in [0, 0.05) is 6.54 Å². The summed E-state index contributed by atoms with van der Waals surface area (Å²) in [4.78, 5) is 40.3. The van der Waals surface area contributed by atoms with Crippen LogP contribution < -0.4 is 10.5 Å². The molecule has 0 radical (unpaired) electrons. The molecule has 0 aliphatic carbocycles. The third-order valence-corrected chi connectivity index (χ3v) is 5.78. The zero-order valence-electron chi connectivity index (χ0n) is 18.8. The fraction of sp³-hybridized carbons (Fsp3) is 0.192. The van der Waals surface area contributed by atoms with Crippen LogP contribution >= 0.6 is 0 Å². The lowest BCUT2D eigenvalue weighted by Crippen LogP contribution is -2.43. The van der Waals surface area contributed by atoms with Crippen molar-refractivity contribution in [1.29, 1.82) is 0 Å². The van der Waals surface area contributed by atoms with Gasteiger partial charge in [0.1, 0.15) is 22.9 Å². The van der Waals surface area contributed by atoms with E-state index in [1.807, 2.05) is 0 Å². The second kappa shape index (κ2) is 8.97. The standard InChI is InChI=1S/C26H24FN3O4/c1-26(2)24(32)29(15-18-6-5-7-19(27)14-18)25(33)30(26)16-17-10-12-20(13-11-17)34-22-9-4-3-8-21(22)23(28)31/h3-14H,15-16H2,1-2H3,(H2,28,31). The molecule has 0 saturated carbocycles. The number of hydrogen-bond donors (Lipinski definition) is 1. The average Bonchev–Trinajstić information content (AvgIpc) is 2.95. The highest BCUT2D eigenvalue weighted by atomic mass is 19.1. The van der Waals surface area contributed by atoms with Crippen LogP contribution in [0.5, 0.6) is 11.5 Å². The summed E-state index contributed by atoms with van der Waals surface area (Å²) < 4.78 is 19.3. The van der Waals surface area contributed by atoms with E-state index in [1.54, 1.807) is 74.5 Å². The van der Waals surface area contributed by atoms with Crippen molar-refractivity contribution in [1.82, 2.24) is 9.80 Å². The van der Waals surface area contributed by atoms with Gasteiger partial charge in [-0.2, -0.15) is 0 Å². The smallest absolute Gasteiger partial charge is 0.328 e. The van der Waals surface area contributed by atoms with Gasteiger partial charge in [0.05, 0.1) is 12.1 Å². The highest BCUT2D eigenvalue weighted by Gasteiger charge is 2.50. The van der Waals surface area contributed by atoms with Crippen LogP contribution in [0.4, 0.5) is 9.18 Å². The fourth-order valence-corrected chi connectivity index (χ4v) is 3.87. The zero-order chi connectivity index (χ0) is 24.5. The predicted molar refractivity (Wildman–Crippen MR) is 123 cm³/mol. The summed E-state index contributed by atoms with van der Waals surface area (Å²) in [6, 6.07) is 19.1. The number of para-hydroxylation sites is 1.